The minimum absolute atomic E-state index is 0.0890. The fourth-order valence-electron chi connectivity index (χ4n) is 3.30. The third kappa shape index (κ3) is 5.53. The van der Waals surface area contributed by atoms with Crippen molar-refractivity contribution in [1.29, 1.82) is 0 Å². The molecular weight excluding hydrogens is 408 g/mol. The van der Waals surface area contributed by atoms with Crippen LogP contribution in [0, 0.1) is 20.2 Å². The monoisotopic (exact) mass is 428 g/mol. The molecule has 0 spiro atoms. The number of rotatable bonds is 6. The second-order valence-corrected chi connectivity index (χ2v) is 7.07. The number of hydrogen-bond acceptors (Lipinski definition) is 7. The zero-order chi connectivity index (χ0) is 22.5. The van der Waals surface area contributed by atoms with Crippen LogP contribution < -0.4 is 10.1 Å². The molecule has 1 aliphatic heterocycles. The van der Waals surface area contributed by atoms with Crippen LogP contribution in [0.15, 0.2) is 42.5 Å². The number of piperidine rings is 1. The standard InChI is InChI=1S/C20H20N4O7/c1-13(25)21-15-2-4-18(5-3-15)31-19-6-8-22(9-7-19)20(26)14-10-16(23(27)28)12-17(11-14)24(29)30/h2-5,10-12,19H,6-9H2,1H3,(H,21,25). The van der Waals surface area contributed by atoms with Gasteiger partial charge in [0, 0.05) is 50.7 Å². The number of amides is 2. The maximum atomic E-state index is 12.7. The van der Waals surface area contributed by atoms with E-state index in [-0.39, 0.29) is 17.6 Å². The van der Waals surface area contributed by atoms with Gasteiger partial charge in [0.1, 0.15) is 11.9 Å². The van der Waals surface area contributed by atoms with Crippen molar-refractivity contribution in [3.8, 4) is 5.75 Å². The number of nitro groups is 2. The number of nitrogens with zero attached hydrogens (tertiary/aromatic N) is 3. The Labute approximate surface area is 176 Å². The molecule has 1 aliphatic rings. The van der Waals surface area contributed by atoms with Crippen LogP contribution in [0.3, 0.4) is 0 Å². The summed E-state index contributed by atoms with van der Waals surface area (Å²) in [6.45, 7) is 2.12. The summed E-state index contributed by atoms with van der Waals surface area (Å²) in [6.07, 6.45) is 0.946. The van der Waals surface area contributed by atoms with E-state index < -0.39 is 27.1 Å². The van der Waals surface area contributed by atoms with Crippen molar-refractivity contribution in [3.05, 3.63) is 68.3 Å². The summed E-state index contributed by atoms with van der Waals surface area (Å²) in [5.74, 6) is -0.0297. The predicted molar refractivity (Wildman–Crippen MR) is 110 cm³/mol. The molecule has 3 rings (SSSR count). The number of carbonyl (C=O) groups is 2. The van der Waals surface area contributed by atoms with Crippen LogP contribution in [0.25, 0.3) is 0 Å². The Kier molecular flexibility index (Phi) is 6.43. The molecule has 31 heavy (non-hydrogen) atoms. The van der Waals surface area contributed by atoms with E-state index in [0.717, 1.165) is 18.2 Å². The first-order valence-electron chi connectivity index (χ1n) is 9.50. The zero-order valence-corrected chi connectivity index (χ0v) is 16.6. The van der Waals surface area contributed by atoms with Crippen molar-refractivity contribution < 1.29 is 24.2 Å². The Morgan fingerprint density at radius 3 is 2.03 bits per heavy atom. The molecule has 0 saturated carbocycles. The number of nitrogens with one attached hydrogen (secondary N) is 1. The Morgan fingerprint density at radius 2 is 1.55 bits per heavy atom. The lowest BCUT2D eigenvalue weighted by Crippen LogP contribution is -2.41. The third-order valence-corrected chi connectivity index (χ3v) is 4.78. The largest absolute Gasteiger partial charge is 0.490 e. The Morgan fingerprint density at radius 1 is 1.00 bits per heavy atom. The number of anilines is 1. The van der Waals surface area contributed by atoms with Gasteiger partial charge in [0.15, 0.2) is 0 Å². The van der Waals surface area contributed by atoms with Crippen molar-refractivity contribution in [2.45, 2.75) is 25.9 Å². The molecule has 0 aliphatic carbocycles. The highest BCUT2D eigenvalue weighted by molar-refractivity contribution is 5.95. The number of benzene rings is 2. The van der Waals surface area contributed by atoms with Gasteiger partial charge in [0.2, 0.25) is 5.91 Å². The van der Waals surface area contributed by atoms with Gasteiger partial charge in [0.05, 0.1) is 21.5 Å². The molecule has 162 valence electrons. The molecule has 0 atom stereocenters. The molecule has 11 heteroatoms. The summed E-state index contributed by atoms with van der Waals surface area (Å²) in [7, 11) is 0. The fraction of sp³-hybridized carbons (Fsp3) is 0.300. The zero-order valence-electron chi connectivity index (χ0n) is 16.6. The van der Waals surface area contributed by atoms with Crippen molar-refractivity contribution in [2.24, 2.45) is 0 Å². The van der Waals surface area contributed by atoms with E-state index >= 15 is 0 Å². The van der Waals surface area contributed by atoms with Crippen LogP contribution >= 0.6 is 0 Å². The topological polar surface area (TPSA) is 145 Å². The highest BCUT2D eigenvalue weighted by atomic mass is 16.6. The van der Waals surface area contributed by atoms with Crippen molar-refractivity contribution in [1.82, 2.24) is 4.90 Å². The first-order valence-corrected chi connectivity index (χ1v) is 9.50. The molecule has 2 aromatic rings. The summed E-state index contributed by atoms with van der Waals surface area (Å²) in [5.41, 5.74) is -0.433. The fourth-order valence-corrected chi connectivity index (χ4v) is 3.30. The van der Waals surface area contributed by atoms with Gasteiger partial charge in [-0.15, -0.1) is 0 Å². The first-order chi connectivity index (χ1) is 14.7. The van der Waals surface area contributed by atoms with Crippen LogP contribution in [0.2, 0.25) is 0 Å². The first kappa shape index (κ1) is 21.7. The molecule has 0 unspecified atom stereocenters. The highest BCUT2D eigenvalue weighted by Crippen LogP contribution is 2.26. The maximum Gasteiger partial charge on any atom is 0.277 e. The van der Waals surface area contributed by atoms with Gasteiger partial charge in [-0.2, -0.15) is 0 Å². The minimum Gasteiger partial charge on any atom is -0.490 e. The Hall–Kier alpha value is -4.02. The van der Waals surface area contributed by atoms with Crippen molar-refractivity contribution in [3.63, 3.8) is 0 Å². The molecule has 2 aromatic carbocycles. The van der Waals surface area contributed by atoms with E-state index in [4.69, 9.17) is 4.74 Å². The lowest BCUT2D eigenvalue weighted by Gasteiger charge is -2.32. The smallest absolute Gasteiger partial charge is 0.277 e. The third-order valence-electron chi connectivity index (χ3n) is 4.78. The summed E-state index contributed by atoms with van der Waals surface area (Å²) >= 11 is 0. The minimum atomic E-state index is -0.763. The number of hydrogen-bond donors (Lipinski definition) is 1. The number of carbonyl (C=O) groups excluding carboxylic acids is 2. The lowest BCUT2D eigenvalue weighted by molar-refractivity contribution is -0.394. The van der Waals surface area contributed by atoms with Crippen LogP contribution in [0.1, 0.15) is 30.1 Å². The average Bonchev–Trinajstić information content (AvgIpc) is 2.74. The number of non-ortho nitro benzene ring substituents is 2. The molecule has 1 fully saturated rings. The summed E-state index contributed by atoms with van der Waals surface area (Å²) < 4.78 is 5.92. The van der Waals surface area contributed by atoms with Gasteiger partial charge in [0.25, 0.3) is 17.3 Å². The SMILES string of the molecule is CC(=O)Nc1ccc(OC2CCN(C(=O)c3cc([N+](=O)[O-])cc([N+](=O)[O-])c3)CC2)cc1. The molecule has 0 radical (unpaired) electrons. The van der Waals surface area contributed by atoms with Crippen LogP contribution in [-0.4, -0.2) is 45.8 Å². The van der Waals surface area contributed by atoms with Gasteiger partial charge in [-0.25, -0.2) is 0 Å². The van der Waals surface area contributed by atoms with Gasteiger partial charge in [-0.3, -0.25) is 29.8 Å². The normalized spacial score (nSPS) is 14.0. The number of nitro benzene ring substituents is 2. The van der Waals surface area contributed by atoms with Crippen LogP contribution in [0.4, 0.5) is 17.1 Å². The van der Waals surface area contributed by atoms with E-state index in [9.17, 15) is 29.8 Å². The van der Waals surface area contributed by atoms with Gasteiger partial charge >= 0.3 is 0 Å². The Balaban J connectivity index is 1.61. The predicted octanol–water partition coefficient (Wildman–Crippen LogP) is 3.15. The molecular formula is C20H20N4O7. The maximum absolute atomic E-state index is 12.7. The quantitative estimate of drug-likeness (QED) is 0.549. The van der Waals surface area contributed by atoms with E-state index in [1.165, 1.54) is 11.8 Å². The number of ether oxygens (including phenoxy) is 1. The summed E-state index contributed by atoms with van der Waals surface area (Å²) in [6, 6.07) is 9.86. The van der Waals surface area contributed by atoms with Gasteiger partial charge in [-0.1, -0.05) is 0 Å². The van der Waals surface area contributed by atoms with Gasteiger partial charge < -0.3 is 15.0 Å². The highest BCUT2D eigenvalue weighted by Gasteiger charge is 2.27. The van der Waals surface area contributed by atoms with Crippen LogP contribution in [0.5, 0.6) is 5.75 Å². The second kappa shape index (κ2) is 9.20. The van der Waals surface area contributed by atoms with Gasteiger partial charge in [-0.05, 0) is 24.3 Å². The molecule has 2 amide bonds. The van der Waals surface area contributed by atoms with E-state index in [1.807, 2.05) is 0 Å². The molecule has 1 saturated heterocycles. The van der Waals surface area contributed by atoms with Crippen molar-refractivity contribution in [2.75, 3.05) is 18.4 Å². The van der Waals surface area contributed by atoms with E-state index in [2.05, 4.69) is 5.32 Å². The molecule has 1 N–H and O–H groups in total. The number of likely N-dealkylation sites (tertiary alicyclic amines) is 1. The summed E-state index contributed by atoms with van der Waals surface area (Å²) in [4.78, 5) is 45.9. The molecule has 11 nitrogen and oxygen atoms in total. The van der Waals surface area contributed by atoms with E-state index in [1.54, 1.807) is 24.3 Å². The Bertz CT molecular complexity index is 982. The van der Waals surface area contributed by atoms with Crippen LogP contribution in [-0.2, 0) is 4.79 Å². The second-order valence-electron chi connectivity index (χ2n) is 7.07. The molecule has 0 aromatic heterocycles. The molecule has 1 heterocycles. The van der Waals surface area contributed by atoms with E-state index in [0.29, 0.717) is 37.4 Å². The summed E-state index contributed by atoms with van der Waals surface area (Å²) in [5, 5.41) is 24.7. The lowest BCUT2D eigenvalue weighted by atomic mass is 10.1. The average molecular weight is 428 g/mol. The molecule has 0 bridgehead atoms. The van der Waals surface area contributed by atoms with Crippen molar-refractivity contribution >= 4 is 28.9 Å².